The van der Waals surface area contributed by atoms with Gasteiger partial charge in [-0.05, 0) is 31.2 Å². The number of sulfonamides is 1. The smallest absolute Gasteiger partial charge is 0.216 e. The molecule has 6 nitrogen and oxygen atoms in total. The lowest BCUT2D eigenvalue weighted by Gasteiger charge is -2.36. The van der Waals surface area contributed by atoms with Crippen LogP contribution in [0.5, 0.6) is 0 Å². The average Bonchev–Trinajstić information content (AvgIpc) is 2.66. The van der Waals surface area contributed by atoms with Crippen molar-refractivity contribution in [3.05, 3.63) is 58.2 Å². The lowest BCUT2D eigenvalue weighted by Crippen LogP contribution is -2.51. The van der Waals surface area contributed by atoms with Gasteiger partial charge in [-0.25, -0.2) is 18.1 Å². The predicted octanol–water partition coefficient (Wildman–Crippen LogP) is 3.02. The van der Waals surface area contributed by atoms with Gasteiger partial charge in [-0.1, -0.05) is 35.3 Å². The Morgan fingerprint density at radius 1 is 1.07 bits per heavy atom. The second-order valence-corrected chi connectivity index (χ2v) is 9.52. The lowest BCUT2D eigenvalue weighted by molar-refractivity contribution is 0.241. The minimum Gasteiger partial charge on any atom is -0.354 e. The zero-order valence-electron chi connectivity index (χ0n) is 15.7. The SMILES string of the molecule is CC(CN1CCN(c2ccccn2)CC1)NS(=O)(=O)Cc1c(Cl)cccc1Cl. The van der Waals surface area contributed by atoms with Crippen molar-refractivity contribution < 1.29 is 8.42 Å². The number of aromatic nitrogens is 1. The molecule has 0 aliphatic carbocycles. The predicted molar refractivity (Wildman–Crippen MR) is 115 cm³/mol. The molecule has 0 bridgehead atoms. The number of piperazine rings is 1. The first-order valence-corrected chi connectivity index (χ1v) is 11.6. The van der Waals surface area contributed by atoms with Crippen LogP contribution in [-0.4, -0.2) is 57.1 Å². The van der Waals surface area contributed by atoms with Crippen molar-refractivity contribution in [1.29, 1.82) is 0 Å². The van der Waals surface area contributed by atoms with Gasteiger partial charge in [0, 0.05) is 60.6 Å². The second-order valence-electron chi connectivity index (χ2n) is 6.95. The molecule has 1 aliphatic heterocycles. The highest BCUT2D eigenvalue weighted by Crippen LogP contribution is 2.26. The number of benzene rings is 1. The van der Waals surface area contributed by atoms with Crippen LogP contribution in [0.1, 0.15) is 12.5 Å². The van der Waals surface area contributed by atoms with E-state index >= 15 is 0 Å². The summed E-state index contributed by atoms with van der Waals surface area (Å²) in [5.74, 6) is 0.746. The second kappa shape index (κ2) is 9.41. The number of pyridine rings is 1. The zero-order valence-corrected chi connectivity index (χ0v) is 18.0. The van der Waals surface area contributed by atoms with Crippen molar-refractivity contribution in [2.24, 2.45) is 0 Å². The molecule has 1 fully saturated rings. The summed E-state index contributed by atoms with van der Waals surface area (Å²) in [5, 5.41) is 0.715. The summed E-state index contributed by atoms with van der Waals surface area (Å²) in [7, 11) is -3.55. The first-order chi connectivity index (χ1) is 13.3. The fraction of sp³-hybridized carbons (Fsp3) is 0.421. The summed E-state index contributed by atoms with van der Waals surface area (Å²) >= 11 is 12.2. The number of hydrogen-bond donors (Lipinski definition) is 1. The molecule has 0 amide bonds. The van der Waals surface area contributed by atoms with Crippen LogP contribution in [0.15, 0.2) is 42.6 Å². The van der Waals surface area contributed by atoms with Gasteiger partial charge < -0.3 is 4.90 Å². The van der Waals surface area contributed by atoms with Crippen molar-refractivity contribution >= 4 is 39.0 Å². The molecule has 3 rings (SSSR count). The molecule has 1 unspecified atom stereocenters. The Balaban J connectivity index is 1.51. The van der Waals surface area contributed by atoms with E-state index in [1.807, 2.05) is 25.1 Å². The first kappa shape index (κ1) is 21.3. The molecular formula is C19H24Cl2N4O2S. The minimum absolute atomic E-state index is 0.215. The number of anilines is 1. The molecule has 1 N–H and O–H groups in total. The topological polar surface area (TPSA) is 65.5 Å². The Labute approximate surface area is 176 Å². The van der Waals surface area contributed by atoms with E-state index < -0.39 is 10.0 Å². The van der Waals surface area contributed by atoms with Crippen LogP contribution in [0.2, 0.25) is 10.0 Å². The maximum absolute atomic E-state index is 12.5. The molecule has 1 saturated heterocycles. The van der Waals surface area contributed by atoms with Gasteiger partial charge in [0.25, 0.3) is 0 Å². The van der Waals surface area contributed by atoms with Gasteiger partial charge in [0.2, 0.25) is 10.0 Å². The number of hydrogen-bond acceptors (Lipinski definition) is 5. The third-order valence-electron chi connectivity index (χ3n) is 4.65. The highest BCUT2D eigenvalue weighted by molar-refractivity contribution is 7.88. The molecule has 0 spiro atoms. The van der Waals surface area contributed by atoms with Crippen molar-refractivity contribution in [3.63, 3.8) is 0 Å². The van der Waals surface area contributed by atoms with E-state index in [2.05, 4.69) is 19.5 Å². The molecule has 1 aromatic heterocycles. The van der Waals surface area contributed by atoms with Crippen molar-refractivity contribution in [3.8, 4) is 0 Å². The van der Waals surface area contributed by atoms with Crippen LogP contribution in [0.4, 0.5) is 5.82 Å². The van der Waals surface area contributed by atoms with Gasteiger partial charge in [-0.3, -0.25) is 4.90 Å². The number of nitrogens with zero attached hydrogens (tertiary/aromatic N) is 3. The van der Waals surface area contributed by atoms with Gasteiger partial charge in [0.05, 0.1) is 5.75 Å². The Morgan fingerprint density at radius 3 is 2.36 bits per heavy atom. The zero-order chi connectivity index (χ0) is 20.1. The molecule has 1 aliphatic rings. The standard InChI is InChI=1S/C19H24Cl2N4O2S/c1-15(23-28(26,27)14-16-17(20)5-4-6-18(16)21)13-24-9-11-25(12-10-24)19-7-2-3-8-22-19/h2-8,15,23H,9-14H2,1H3. The fourth-order valence-electron chi connectivity index (χ4n) is 3.33. The Hall–Kier alpha value is -1.38. The van der Waals surface area contributed by atoms with Gasteiger partial charge in [-0.15, -0.1) is 0 Å². The molecule has 1 atom stereocenters. The normalized spacial score (nSPS) is 16.9. The first-order valence-electron chi connectivity index (χ1n) is 9.15. The molecular weight excluding hydrogens is 419 g/mol. The summed E-state index contributed by atoms with van der Waals surface area (Å²) in [5.41, 5.74) is 0.425. The van der Waals surface area contributed by atoms with Crippen LogP contribution in [0.25, 0.3) is 0 Å². The summed E-state index contributed by atoms with van der Waals surface area (Å²) < 4.78 is 27.8. The van der Waals surface area contributed by atoms with Crippen LogP contribution in [0.3, 0.4) is 0 Å². The fourth-order valence-corrected chi connectivity index (χ4v) is 5.48. The van der Waals surface area contributed by atoms with E-state index in [-0.39, 0.29) is 11.8 Å². The van der Waals surface area contributed by atoms with E-state index in [1.165, 1.54) is 0 Å². The van der Waals surface area contributed by atoms with E-state index in [1.54, 1.807) is 24.4 Å². The average molecular weight is 443 g/mol. The maximum Gasteiger partial charge on any atom is 0.216 e. The van der Waals surface area contributed by atoms with Crippen molar-refractivity contribution in [1.82, 2.24) is 14.6 Å². The summed E-state index contributed by atoms with van der Waals surface area (Å²) in [4.78, 5) is 8.88. The summed E-state index contributed by atoms with van der Waals surface area (Å²) in [6.07, 6.45) is 1.80. The van der Waals surface area contributed by atoms with Crippen LogP contribution >= 0.6 is 23.2 Å². The third-order valence-corrected chi connectivity index (χ3v) is 6.79. The van der Waals surface area contributed by atoms with E-state index in [9.17, 15) is 8.42 Å². The quantitative estimate of drug-likeness (QED) is 0.713. The molecule has 1 aromatic carbocycles. The van der Waals surface area contributed by atoms with E-state index in [0.717, 1.165) is 32.0 Å². The Bertz CT molecular complexity index is 868. The van der Waals surface area contributed by atoms with Crippen LogP contribution < -0.4 is 9.62 Å². The number of rotatable bonds is 7. The Morgan fingerprint density at radius 2 is 1.75 bits per heavy atom. The van der Waals surface area contributed by atoms with Crippen LogP contribution in [-0.2, 0) is 15.8 Å². The summed E-state index contributed by atoms with van der Waals surface area (Å²) in [6.45, 7) is 5.97. The van der Waals surface area contributed by atoms with Crippen molar-refractivity contribution in [2.75, 3.05) is 37.6 Å². The number of halogens is 2. The molecule has 152 valence electrons. The molecule has 0 saturated carbocycles. The van der Waals surface area contributed by atoms with Crippen LogP contribution in [0, 0.1) is 0 Å². The lowest BCUT2D eigenvalue weighted by atomic mass is 10.2. The molecule has 2 heterocycles. The molecule has 2 aromatic rings. The third kappa shape index (κ3) is 5.81. The van der Waals surface area contributed by atoms with Crippen molar-refractivity contribution in [2.45, 2.75) is 18.7 Å². The molecule has 28 heavy (non-hydrogen) atoms. The monoisotopic (exact) mass is 442 g/mol. The van der Waals surface area contributed by atoms with Gasteiger partial charge >= 0.3 is 0 Å². The number of nitrogens with one attached hydrogen (secondary N) is 1. The largest absolute Gasteiger partial charge is 0.354 e. The molecule has 9 heteroatoms. The highest BCUT2D eigenvalue weighted by atomic mass is 35.5. The van der Waals surface area contributed by atoms with E-state index in [0.29, 0.717) is 22.2 Å². The maximum atomic E-state index is 12.5. The molecule has 0 radical (unpaired) electrons. The van der Waals surface area contributed by atoms with Gasteiger partial charge in [0.15, 0.2) is 0 Å². The summed E-state index contributed by atoms with van der Waals surface area (Å²) in [6, 6.07) is 10.7. The minimum atomic E-state index is -3.55. The van der Waals surface area contributed by atoms with E-state index in [4.69, 9.17) is 23.2 Å². The highest BCUT2D eigenvalue weighted by Gasteiger charge is 2.23. The Kier molecular flexibility index (Phi) is 7.17. The van der Waals surface area contributed by atoms with Gasteiger partial charge in [0.1, 0.15) is 5.82 Å². The van der Waals surface area contributed by atoms with Gasteiger partial charge in [-0.2, -0.15) is 0 Å².